The van der Waals surface area contributed by atoms with Crippen LogP contribution in [0.5, 0.6) is 0 Å². The highest BCUT2D eigenvalue weighted by molar-refractivity contribution is 7.89. The second-order valence-electron chi connectivity index (χ2n) is 7.94. The number of sulfonamides is 1. The molecule has 2 aliphatic rings. The van der Waals surface area contributed by atoms with Crippen molar-refractivity contribution in [2.45, 2.75) is 50.0 Å². The zero-order valence-corrected chi connectivity index (χ0v) is 17.7. The van der Waals surface area contributed by atoms with E-state index in [-0.39, 0.29) is 23.9 Å². The van der Waals surface area contributed by atoms with Crippen molar-refractivity contribution in [3.8, 4) is 6.07 Å². The van der Waals surface area contributed by atoms with E-state index in [2.05, 4.69) is 11.4 Å². The fraction of sp³-hybridized carbons (Fsp3) is 0.619. The maximum absolute atomic E-state index is 13.1. The average molecular weight is 419 g/mol. The molecule has 1 aliphatic carbocycles. The normalized spacial score (nSPS) is 17.8. The number of hydrogen-bond acceptors (Lipinski definition) is 5. The van der Waals surface area contributed by atoms with E-state index in [4.69, 9.17) is 5.26 Å². The van der Waals surface area contributed by atoms with E-state index in [9.17, 15) is 13.2 Å². The van der Waals surface area contributed by atoms with Gasteiger partial charge in [0.2, 0.25) is 15.9 Å². The van der Waals surface area contributed by atoms with Crippen molar-refractivity contribution in [1.29, 1.82) is 5.26 Å². The summed E-state index contributed by atoms with van der Waals surface area (Å²) in [6.07, 6.45) is 5.61. The SMILES string of the molecule is N#CCCN(CC(=O)NCc1ccccc1S(=O)(=O)N1CCCCC1)CC1CC1. The number of hydrogen-bond donors (Lipinski definition) is 1. The van der Waals surface area contributed by atoms with Crippen LogP contribution in [0.2, 0.25) is 0 Å². The molecule has 1 heterocycles. The van der Waals surface area contributed by atoms with Gasteiger partial charge in [0.1, 0.15) is 0 Å². The predicted molar refractivity (Wildman–Crippen MR) is 110 cm³/mol. The molecule has 2 fully saturated rings. The summed E-state index contributed by atoms with van der Waals surface area (Å²) in [5, 5.41) is 11.7. The van der Waals surface area contributed by atoms with Crippen LogP contribution in [0.25, 0.3) is 0 Å². The minimum atomic E-state index is -3.55. The molecule has 1 aromatic rings. The highest BCUT2D eigenvalue weighted by Gasteiger charge is 2.28. The van der Waals surface area contributed by atoms with Crippen molar-refractivity contribution in [2.24, 2.45) is 5.92 Å². The summed E-state index contributed by atoms with van der Waals surface area (Å²) in [5.41, 5.74) is 0.609. The van der Waals surface area contributed by atoms with Gasteiger partial charge in [0.05, 0.1) is 17.5 Å². The molecule has 7 nitrogen and oxygen atoms in total. The molecule has 1 saturated heterocycles. The third-order valence-electron chi connectivity index (χ3n) is 5.50. The molecule has 0 spiro atoms. The number of rotatable bonds is 10. The smallest absolute Gasteiger partial charge is 0.243 e. The lowest BCUT2D eigenvalue weighted by atomic mass is 10.2. The number of nitrogens with one attached hydrogen (secondary N) is 1. The van der Waals surface area contributed by atoms with Gasteiger partial charge in [-0.25, -0.2) is 8.42 Å². The first-order valence-electron chi connectivity index (χ1n) is 10.4. The van der Waals surface area contributed by atoms with Crippen LogP contribution in [0.4, 0.5) is 0 Å². The Morgan fingerprint density at radius 3 is 2.62 bits per heavy atom. The molecule has 158 valence electrons. The number of benzene rings is 1. The van der Waals surface area contributed by atoms with E-state index in [0.29, 0.717) is 37.5 Å². The highest BCUT2D eigenvalue weighted by Crippen LogP contribution is 2.29. The molecule has 1 amide bonds. The third-order valence-corrected chi connectivity index (χ3v) is 7.50. The molecule has 3 rings (SSSR count). The molecule has 29 heavy (non-hydrogen) atoms. The van der Waals surface area contributed by atoms with E-state index in [1.54, 1.807) is 28.6 Å². The van der Waals surface area contributed by atoms with Crippen LogP contribution in [0.3, 0.4) is 0 Å². The monoisotopic (exact) mass is 418 g/mol. The summed E-state index contributed by atoms with van der Waals surface area (Å²) < 4.78 is 27.7. The zero-order chi connectivity index (χ0) is 20.7. The van der Waals surface area contributed by atoms with Crippen LogP contribution in [0, 0.1) is 17.2 Å². The molecule has 0 atom stereocenters. The molecule has 0 radical (unpaired) electrons. The Morgan fingerprint density at radius 1 is 1.21 bits per heavy atom. The molecular formula is C21H30N4O3S. The van der Waals surface area contributed by atoms with E-state index in [0.717, 1.165) is 25.8 Å². The predicted octanol–water partition coefficient (Wildman–Crippen LogP) is 2.10. The third kappa shape index (κ3) is 6.26. The van der Waals surface area contributed by atoms with Crippen LogP contribution in [-0.4, -0.2) is 56.3 Å². The summed E-state index contributed by atoms with van der Waals surface area (Å²) in [7, 11) is -3.55. The summed E-state index contributed by atoms with van der Waals surface area (Å²) in [6.45, 7) is 2.95. The van der Waals surface area contributed by atoms with Crippen molar-refractivity contribution in [3.05, 3.63) is 29.8 Å². The van der Waals surface area contributed by atoms with Crippen molar-refractivity contribution in [2.75, 3.05) is 32.7 Å². The fourth-order valence-electron chi connectivity index (χ4n) is 3.71. The van der Waals surface area contributed by atoms with Gasteiger partial charge >= 0.3 is 0 Å². The molecule has 1 aliphatic heterocycles. The molecule has 8 heteroatoms. The Balaban J connectivity index is 1.61. The average Bonchev–Trinajstić information content (AvgIpc) is 3.55. The zero-order valence-electron chi connectivity index (χ0n) is 16.8. The highest BCUT2D eigenvalue weighted by atomic mass is 32.2. The van der Waals surface area contributed by atoms with Gasteiger partial charge in [-0.05, 0) is 43.2 Å². The van der Waals surface area contributed by atoms with Crippen LogP contribution in [0.15, 0.2) is 29.2 Å². The Morgan fingerprint density at radius 2 is 1.93 bits per heavy atom. The molecule has 1 aromatic carbocycles. The first kappa shape index (κ1) is 21.8. The largest absolute Gasteiger partial charge is 0.351 e. The molecule has 0 unspecified atom stereocenters. The summed E-state index contributed by atoms with van der Waals surface area (Å²) in [6, 6.07) is 9.03. The van der Waals surface area contributed by atoms with E-state index >= 15 is 0 Å². The number of amides is 1. The van der Waals surface area contributed by atoms with E-state index in [1.807, 2.05) is 4.90 Å². The minimum absolute atomic E-state index is 0.145. The molecular weight excluding hydrogens is 388 g/mol. The van der Waals surface area contributed by atoms with Gasteiger partial charge < -0.3 is 5.32 Å². The van der Waals surface area contributed by atoms with Crippen molar-refractivity contribution >= 4 is 15.9 Å². The number of carbonyl (C=O) groups excluding carboxylic acids is 1. The van der Waals surface area contributed by atoms with Gasteiger partial charge in [-0.2, -0.15) is 9.57 Å². The Hall–Kier alpha value is -1.95. The standard InChI is InChI=1S/C21H30N4O3S/c22-11-6-12-24(16-18-9-10-18)17-21(26)23-15-19-7-2-3-8-20(19)29(27,28)25-13-4-1-5-14-25/h2-3,7-8,18H,1,4-6,9-10,12-17H2,(H,23,26). The summed E-state index contributed by atoms with van der Waals surface area (Å²) in [4.78, 5) is 14.8. The number of carbonyl (C=O) groups is 1. The van der Waals surface area contributed by atoms with Crippen LogP contribution >= 0.6 is 0 Å². The molecule has 0 aromatic heterocycles. The number of nitriles is 1. The Bertz CT molecular complexity index is 840. The lowest BCUT2D eigenvalue weighted by Gasteiger charge is -2.27. The van der Waals surface area contributed by atoms with Gasteiger partial charge in [0.15, 0.2) is 0 Å². The quantitative estimate of drug-likeness (QED) is 0.628. The van der Waals surface area contributed by atoms with Crippen molar-refractivity contribution in [1.82, 2.24) is 14.5 Å². The van der Waals surface area contributed by atoms with Gasteiger partial charge in [-0.1, -0.05) is 24.6 Å². The lowest BCUT2D eigenvalue weighted by Crippen LogP contribution is -2.39. The van der Waals surface area contributed by atoms with Crippen LogP contribution in [0.1, 0.15) is 44.1 Å². The number of piperidine rings is 1. The maximum Gasteiger partial charge on any atom is 0.243 e. The van der Waals surface area contributed by atoms with Gasteiger partial charge in [-0.3, -0.25) is 9.69 Å². The Labute approximate surface area is 173 Å². The lowest BCUT2D eigenvalue weighted by molar-refractivity contribution is -0.122. The Kier molecular flexibility index (Phi) is 7.64. The van der Waals surface area contributed by atoms with Crippen LogP contribution < -0.4 is 5.32 Å². The second kappa shape index (κ2) is 10.2. The van der Waals surface area contributed by atoms with Crippen molar-refractivity contribution < 1.29 is 13.2 Å². The summed E-state index contributed by atoms with van der Waals surface area (Å²) in [5.74, 6) is 0.491. The molecule has 0 bridgehead atoms. The van der Waals surface area contributed by atoms with E-state index in [1.165, 1.54) is 12.8 Å². The van der Waals surface area contributed by atoms with Gasteiger partial charge in [-0.15, -0.1) is 0 Å². The first-order chi connectivity index (χ1) is 14.0. The van der Waals surface area contributed by atoms with Gasteiger partial charge in [0, 0.05) is 39.1 Å². The topological polar surface area (TPSA) is 93.5 Å². The minimum Gasteiger partial charge on any atom is -0.351 e. The number of nitrogens with zero attached hydrogens (tertiary/aromatic N) is 3. The molecule has 1 N–H and O–H groups in total. The van der Waals surface area contributed by atoms with E-state index < -0.39 is 10.0 Å². The van der Waals surface area contributed by atoms with Gasteiger partial charge in [0.25, 0.3) is 0 Å². The first-order valence-corrected chi connectivity index (χ1v) is 11.9. The van der Waals surface area contributed by atoms with Crippen LogP contribution in [-0.2, 0) is 21.4 Å². The summed E-state index contributed by atoms with van der Waals surface area (Å²) >= 11 is 0. The maximum atomic E-state index is 13.1. The second-order valence-corrected chi connectivity index (χ2v) is 9.84. The molecule has 1 saturated carbocycles. The van der Waals surface area contributed by atoms with Crippen molar-refractivity contribution in [3.63, 3.8) is 0 Å². The fourth-order valence-corrected chi connectivity index (χ4v) is 5.45.